The summed E-state index contributed by atoms with van der Waals surface area (Å²) >= 11 is 3.34. The first kappa shape index (κ1) is 16.0. The standard InChI is InChI=1S/C15H22BrNO2S/c1-3-15(4-2)9-11-17(12-10-15)20(18,19)14-8-6-5-7-13(14)16/h5-8H,3-4,9-12H2,1-2H3. The van der Waals surface area contributed by atoms with E-state index in [4.69, 9.17) is 0 Å². The van der Waals surface area contributed by atoms with Crippen molar-refractivity contribution in [1.29, 1.82) is 0 Å². The maximum atomic E-state index is 12.7. The van der Waals surface area contributed by atoms with Crippen LogP contribution in [0.5, 0.6) is 0 Å². The lowest BCUT2D eigenvalue weighted by atomic mass is 9.75. The van der Waals surface area contributed by atoms with Crippen LogP contribution in [-0.4, -0.2) is 25.8 Å². The van der Waals surface area contributed by atoms with Crippen molar-refractivity contribution in [2.45, 2.75) is 44.4 Å². The molecule has 0 unspecified atom stereocenters. The molecule has 0 aromatic heterocycles. The number of hydrogen-bond acceptors (Lipinski definition) is 2. The number of piperidine rings is 1. The Morgan fingerprint density at radius 3 is 2.20 bits per heavy atom. The summed E-state index contributed by atoms with van der Waals surface area (Å²) < 4.78 is 27.7. The van der Waals surface area contributed by atoms with E-state index in [0.29, 0.717) is 27.9 Å². The third kappa shape index (κ3) is 2.95. The first-order chi connectivity index (χ1) is 9.45. The molecule has 1 aromatic rings. The van der Waals surface area contributed by atoms with Crippen molar-refractivity contribution in [1.82, 2.24) is 4.31 Å². The fraction of sp³-hybridized carbons (Fsp3) is 0.600. The van der Waals surface area contributed by atoms with Crippen LogP contribution in [0.1, 0.15) is 39.5 Å². The van der Waals surface area contributed by atoms with Gasteiger partial charge in [0.05, 0.1) is 4.90 Å². The van der Waals surface area contributed by atoms with Gasteiger partial charge in [0, 0.05) is 17.6 Å². The quantitative estimate of drug-likeness (QED) is 0.813. The Labute approximate surface area is 130 Å². The molecule has 1 aliphatic rings. The van der Waals surface area contributed by atoms with Crippen molar-refractivity contribution in [3.05, 3.63) is 28.7 Å². The maximum absolute atomic E-state index is 12.7. The summed E-state index contributed by atoms with van der Waals surface area (Å²) in [4.78, 5) is 0.375. The fourth-order valence-electron chi connectivity index (χ4n) is 2.95. The van der Waals surface area contributed by atoms with Crippen LogP contribution >= 0.6 is 15.9 Å². The first-order valence-electron chi connectivity index (χ1n) is 7.20. The van der Waals surface area contributed by atoms with E-state index in [1.807, 2.05) is 6.07 Å². The number of hydrogen-bond donors (Lipinski definition) is 0. The van der Waals surface area contributed by atoms with Crippen LogP contribution in [0.3, 0.4) is 0 Å². The molecule has 1 aromatic carbocycles. The molecule has 3 nitrogen and oxygen atoms in total. The number of halogens is 1. The average molecular weight is 360 g/mol. The van der Waals surface area contributed by atoms with Crippen LogP contribution in [0.2, 0.25) is 0 Å². The lowest BCUT2D eigenvalue weighted by Crippen LogP contribution is -2.42. The van der Waals surface area contributed by atoms with Gasteiger partial charge >= 0.3 is 0 Å². The van der Waals surface area contributed by atoms with E-state index in [2.05, 4.69) is 29.8 Å². The van der Waals surface area contributed by atoms with Gasteiger partial charge < -0.3 is 0 Å². The van der Waals surface area contributed by atoms with E-state index in [9.17, 15) is 8.42 Å². The lowest BCUT2D eigenvalue weighted by molar-refractivity contribution is 0.141. The highest BCUT2D eigenvalue weighted by molar-refractivity contribution is 9.10. The summed E-state index contributed by atoms with van der Waals surface area (Å²) in [5, 5.41) is 0. The van der Waals surface area contributed by atoms with Crippen LogP contribution in [0.15, 0.2) is 33.6 Å². The predicted octanol–water partition coefficient (Wildman–Crippen LogP) is 4.04. The Balaban J connectivity index is 2.20. The third-order valence-electron chi connectivity index (χ3n) is 4.74. The SMILES string of the molecule is CCC1(CC)CCN(S(=O)(=O)c2ccccc2Br)CC1. The molecule has 1 aliphatic heterocycles. The van der Waals surface area contributed by atoms with Crippen LogP contribution in [0, 0.1) is 5.41 Å². The minimum Gasteiger partial charge on any atom is -0.207 e. The Morgan fingerprint density at radius 2 is 1.70 bits per heavy atom. The molecule has 0 amide bonds. The smallest absolute Gasteiger partial charge is 0.207 e. The zero-order chi connectivity index (χ0) is 14.8. The molecular weight excluding hydrogens is 338 g/mol. The molecule has 1 fully saturated rings. The summed E-state index contributed by atoms with van der Waals surface area (Å²) in [5.41, 5.74) is 0.333. The van der Waals surface area contributed by atoms with E-state index < -0.39 is 10.0 Å². The maximum Gasteiger partial charge on any atom is 0.244 e. The van der Waals surface area contributed by atoms with Crippen LogP contribution in [0.25, 0.3) is 0 Å². The molecule has 1 heterocycles. The molecule has 20 heavy (non-hydrogen) atoms. The summed E-state index contributed by atoms with van der Waals surface area (Å²) in [6.45, 7) is 5.68. The van der Waals surface area contributed by atoms with E-state index in [1.54, 1.807) is 22.5 Å². The van der Waals surface area contributed by atoms with Gasteiger partial charge in [0.1, 0.15) is 0 Å². The average Bonchev–Trinajstić information content (AvgIpc) is 2.47. The van der Waals surface area contributed by atoms with E-state index in [-0.39, 0.29) is 0 Å². The van der Waals surface area contributed by atoms with Crippen molar-refractivity contribution in [2.24, 2.45) is 5.41 Å². The van der Waals surface area contributed by atoms with Crippen LogP contribution in [0.4, 0.5) is 0 Å². The molecule has 2 rings (SSSR count). The normalized spacial score (nSPS) is 19.9. The van der Waals surface area contributed by atoms with Crippen LogP contribution < -0.4 is 0 Å². The number of sulfonamides is 1. The molecule has 112 valence electrons. The Bertz CT molecular complexity index is 557. The molecular formula is C15H22BrNO2S. The first-order valence-corrected chi connectivity index (χ1v) is 9.43. The van der Waals surface area contributed by atoms with Gasteiger partial charge in [-0.25, -0.2) is 8.42 Å². The zero-order valence-electron chi connectivity index (χ0n) is 12.1. The number of nitrogens with zero attached hydrogens (tertiary/aromatic N) is 1. The van der Waals surface area contributed by atoms with E-state index in [0.717, 1.165) is 25.7 Å². The fourth-order valence-corrected chi connectivity index (χ4v) is 5.36. The summed E-state index contributed by atoms with van der Waals surface area (Å²) in [5.74, 6) is 0. The second-order valence-electron chi connectivity index (χ2n) is 5.54. The predicted molar refractivity (Wildman–Crippen MR) is 85.1 cm³/mol. The van der Waals surface area contributed by atoms with Gasteiger partial charge in [-0.3, -0.25) is 0 Å². The van der Waals surface area contributed by atoms with Crippen molar-refractivity contribution < 1.29 is 8.42 Å². The highest BCUT2D eigenvalue weighted by atomic mass is 79.9. The van der Waals surface area contributed by atoms with E-state index in [1.165, 1.54) is 0 Å². The molecule has 0 spiro atoms. The van der Waals surface area contributed by atoms with Crippen molar-refractivity contribution in [2.75, 3.05) is 13.1 Å². The molecule has 0 N–H and O–H groups in total. The summed E-state index contributed by atoms with van der Waals surface area (Å²) in [7, 11) is -3.37. The minimum atomic E-state index is -3.37. The number of rotatable bonds is 4. The second-order valence-corrected chi connectivity index (χ2v) is 8.30. The highest BCUT2D eigenvalue weighted by Crippen LogP contribution is 2.39. The van der Waals surface area contributed by atoms with E-state index >= 15 is 0 Å². The highest BCUT2D eigenvalue weighted by Gasteiger charge is 2.36. The van der Waals surface area contributed by atoms with Crippen molar-refractivity contribution in [3.8, 4) is 0 Å². The zero-order valence-corrected chi connectivity index (χ0v) is 14.5. The minimum absolute atomic E-state index is 0.333. The van der Waals surface area contributed by atoms with Gasteiger partial charge in [0.2, 0.25) is 10.0 Å². The molecule has 5 heteroatoms. The summed E-state index contributed by atoms with van der Waals surface area (Å²) in [6, 6.07) is 7.04. The molecule has 0 atom stereocenters. The molecule has 0 bridgehead atoms. The molecule has 1 saturated heterocycles. The summed E-state index contributed by atoms with van der Waals surface area (Å²) in [6.07, 6.45) is 4.19. The molecule has 0 aliphatic carbocycles. The third-order valence-corrected chi connectivity index (χ3v) is 7.65. The lowest BCUT2D eigenvalue weighted by Gasteiger charge is -2.40. The Hall–Kier alpha value is -0.390. The van der Waals surface area contributed by atoms with Gasteiger partial charge in [-0.15, -0.1) is 0 Å². The number of benzene rings is 1. The largest absolute Gasteiger partial charge is 0.244 e. The van der Waals surface area contributed by atoms with Crippen molar-refractivity contribution in [3.63, 3.8) is 0 Å². The van der Waals surface area contributed by atoms with Gasteiger partial charge in [-0.05, 0) is 46.3 Å². The van der Waals surface area contributed by atoms with Gasteiger partial charge in [-0.1, -0.05) is 38.8 Å². The van der Waals surface area contributed by atoms with Crippen LogP contribution in [-0.2, 0) is 10.0 Å². The molecule has 0 saturated carbocycles. The topological polar surface area (TPSA) is 37.4 Å². The van der Waals surface area contributed by atoms with Crippen molar-refractivity contribution >= 4 is 26.0 Å². The second kappa shape index (κ2) is 6.16. The Kier molecular flexibility index (Phi) is 4.92. The van der Waals surface area contributed by atoms with Gasteiger partial charge in [-0.2, -0.15) is 4.31 Å². The monoisotopic (exact) mass is 359 g/mol. The molecule has 0 radical (unpaired) electrons. The van der Waals surface area contributed by atoms with Gasteiger partial charge in [0.25, 0.3) is 0 Å². The van der Waals surface area contributed by atoms with Gasteiger partial charge in [0.15, 0.2) is 0 Å². The Morgan fingerprint density at radius 1 is 1.15 bits per heavy atom.